The van der Waals surface area contributed by atoms with Gasteiger partial charge in [-0.3, -0.25) is 14.9 Å². The highest BCUT2D eigenvalue weighted by atomic mass is 32.1. The second-order valence-electron chi connectivity index (χ2n) is 4.88. The van der Waals surface area contributed by atoms with Crippen LogP contribution in [0.3, 0.4) is 0 Å². The predicted octanol–water partition coefficient (Wildman–Crippen LogP) is 1.79. The lowest BCUT2D eigenvalue weighted by molar-refractivity contribution is -0.380. The van der Waals surface area contributed by atoms with Crippen molar-refractivity contribution in [1.29, 1.82) is 0 Å². The molecule has 1 heterocycles. The third kappa shape index (κ3) is 3.74. The Morgan fingerprint density at radius 3 is 2.68 bits per heavy atom. The molecule has 1 aromatic rings. The summed E-state index contributed by atoms with van der Waals surface area (Å²) in [5.74, 6) is -0.188. The summed E-state index contributed by atoms with van der Waals surface area (Å²) in [4.78, 5) is 21.2. The third-order valence-electron chi connectivity index (χ3n) is 3.54. The minimum atomic E-state index is -0.369. The largest absolute Gasteiger partial charge is 0.369 e. The van der Waals surface area contributed by atoms with Crippen LogP contribution in [0.2, 0.25) is 0 Å². The molecular weight excluding hydrogens is 266 g/mol. The fourth-order valence-electron chi connectivity index (χ4n) is 2.40. The maximum atomic E-state index is 11.0. The lowest BCUT2D eigenvalue weighted by atomic mass is 9.85. The summed E-state index contributed by atoms with van der Waals surface area (Å²) < 4.78 is 0. The van der Waals surface area contributed by atoms with Crippen molar-refractivity contribution in [3.05, 3.63) is 27.1 Å². The van der Waals surface area contributed by atoms with Crippen molar-refractivity contribution >= 4 is 22.2 Å². The lowest BCUT2D eigenvalue weighted by Crippen LogP contribution is -2.36. The Balaban J connectivity index is 1.77. The molecule has 0 bridgehead atoms. The number of amides is 1. The number of carbonyl (C=O) groups excluding carboxylic acids is 1. The van der Waals surface area contributed by atoms with Crippen LogP contribution >= 0.6 is 11.3 Å². The van der Waals surface area contributed by atoms with Gasteiger partial charge < -0.3 is 11.1 Å². The monoisotopic (exact) mass is 283 g/mol. The van der Waals surface area contributed by atoms with Gasteiger partial charge in [-0.15, -0.1) is 0 Å². The first-order chi connectivity index (χ1) is 9.06. The summed E-state index contributed by atoms with van der Waals surface area (Å²) in [5.41, 5.74) is 6.23. The summed E-state index contributed by atoms with van der Waals surface area (Å²) in [6.45, 7) is 0.635. The van der Waals surface area contributed by atoms with Crippen LogP contribution in [0, 0.1) is 16.0 Å². The van der Waals surface area contributed by atoms with Gasteiger partial charge in [0, 0.05) is 30.0 Å². The molecule has 2 rings (SSSR count). The second-order valence-corrected chi connectivity index (χ2v) is 5.77. The van der Waals surface area contributed by atoms with Crippen molar-refractivity contribution < 1.29 is 9.72 Å². The van der Waals surface area contributed by atoms with E-state index in [1.54, 1.807) is 11.4 Å². The first-order valence-corrected chi connectivity index (χ1v) is 7.18. The van der Waals surface area contributed by atoms with E-state index in [-0.39, 0.29) is 21.7 Å². The number of hydrogen-bond acceptors (Lipinski definition) is 5. The molecule has 1 aliphatic rings. The molecule has 0 radical (unpaired) electrons. The van der Waals surface area contributed by atoms with Crippen LogP contribution < -0.4 is 11.1 Å². The van der Waals surface area contributed by atoms with E-state index in [0.29, 0.717) is 12.6 Å². The highest BCUT2D eigenvalue weighted by Crippen LogP contribution is 2.25. The van der Waals surface area contributed by atoms with Gasteiger partial charge in [0.2, 0.25) is 5.91 Å². The van der Waals surface area contributed by atoms with E-state index in [1.165, 1.54) is 0 Å². The molecule has 1 saturated carbocycles. The van der Waals surface area contributed by atoms with Crippen LogP contribution in [0.25, 0.3) is 0 Å². The van der Waals surface area contributed by atoms with Crippen molar-refractivity contribution in [2.75, 3.05) is 0 Å². The highest BCUT2D eigenvalue weighted by Gasteiger charge is 2.24. The van der Waals surface area contributed by atoms with Crippen LogP contribution in [0.5, 0.6) is 0 Å². The fraction of sp³-hybridized carbons (Fsp3) is 0.583. The van der Waals surface area contributed by atoms with Crippen molar-refractivity contribution in [2.45, 2.75) is 38.3 Å². The molecule has 19 heavy (non-hydrogen) atoms. The van der Waals surface area contributed by atoms with Crippen molar-refractivity contribution in [2.24, 2.45) is 11.7 Å². The van der Waals surface area contributed by atoms with Gasteiger partial charge in [0.1, 0.15) is 0 Å². The molecule has 0 aliphatic heterocycles. The van der Waals surface area contributed by atoms with E-state index in [2.05, 4.69) is 5.32 Å². The number of rotatable bonds is 5. The van der Waals surface area contributed by atoms with Crippen LogP contribution in [0.15, 0.2) is 11.4 Å². The molecule has 0 spiro atoms. The Morgan fingerprint density at radius 2 is 2.16 bits per heavy atom. The average Bonchev–Trinajstić information content (AvgIpc) is 2.86. The summed E-state index contributed by atoms with van der Waals surface area (Å²) in [5, 5.41) is 15.9. The number of primary amides is 1. The van der Waals surface area contributed by atoms with Gasteiger partial charge in [0.25, 0.3) is 0 Å². The molecule has 0 aromatic carbocycles. The Labute approximate surface area is 115 Å². The van der Waals surface area contributed by atoms with E-state index in [9.17, 15) is 14.9 Å². The zero-order chi connectivity index (χ0) is 13.8. The number of nitrogens with two attached hydrogens (primary N) is 1. The number of hydrogen-bond donors (Lipinski definition) is 2. The van der Waals surface area contributed by atoms with Gasteiger partial charge in [-0.25, -0.2) is 0 Å². The number of thiophene rings is 1. The Bertz CT molecular complexity index is 467. The molecular formula is C12H17N3O3S. The van der Waals surface area contributed by atoms with Gasteiger partial charge in [-0.1, -0.05) is 11.3 Å². The molecule has 1 aromatic heterocycles. The van der Waals surface area contributed by atoms with Gasteiger partial charge in [-0.2, -0.15) is 0 Å². The summed E-state index contributed by atoms with van der Waals surface area (Å²) >= 11 is 1.15. The minimum Gasteiger partial charge on any atom is -0.369 e. The number of nitro groups is 1. The molecule has 3 N–H and O–H groups in total. The molecule has 1 aliphatic carbocycles. The van der Waals surface area contributed by atoms with Crippen LogP contribution in [0.4, 0.5) is 5.00 Å². The smallest absolute Gasteiger partial charge is 0.324 e. The predicted molar refractivity (Wildman–Crippen MR) is 72.8 cm³/mol. The molecule has 1 fully saturated rings. The standard InChI is InChI=1S/C12H17N3O3S/c13-12(16)9-1-3-10(4-2-9)14-6-8-5-11(15(17)18)19-7-8/h5,7,9-10,14H,1-4,6H2,(H2,13,16). The number of nitrogens with one attached hydrogen (secondary N) is 1. The zero-order valence-corrected chi connectivity index (χ0v) is 11.3. The summed E-state index contributed by atoms with van der Waals surface area (Å²) in [7, 11) is 0. The van der Waals surface area contributed by atoms with E-state index in [1.807, 2.05) is 0 Å². The van der Waals surface area contributed by atoms with Gasteiger partial charge >= 0.3 is 5.00 Å². The molecule has 1 amide bonds. The van der Waals surface area contributed by atoms with Gasteiger partial charge in [0.05, 0.1) is 4.92 Å². The van der Waals surface area contributed by atoms with E-state index < -0.39 is 0 Å². The normalized spacial score (nSPS) is 23.2. The summed E-state index contributed by atoms with van der Waals surface area (Å²) in [6, 6.07) is 1.97. The van der Waals surface area contributed by atoms with Crippen molar-refractivity contribution in [3.8, 4) is 0 Å². The highest BCUT2D eigenvalue weighted by molar-refractivity contribution is 7.13. The van der Waals surface area contributed by atoms with Crippen molar-refractivity contribution in [3.63, 3.8) is 0 Å². The Hall–Kier alpha value is -1.47. The van der Waals surface area contributed by atoms with E-state index in [4.69, 9.17) is 5.73 Å². The zero-order valence-electron chi connectivity index (χ0n) is 10.5. The Morgan fingerprint density at radius 1 is 1.47 bits per heavy atom. The number of nitrogens with zero attached hydrogens (tertiary/aromatic N) is 1. The molecule has 0 unspecified atom stereocenters. The second kappa shape index (κ2) is 6.12. The topological polar surface area (TPSA) is 98.3 Å². The maximum Gasteiger partial charge on any atom is 0.324 e. The van der Waals surface area contributed by atoms with Crippen LogP contribution in [-0.2, 0) is 11.3 Å². The average molecular weight is 283 g/mol. The van der Waals surface area contributed by atoms with Crippen molar-refractivity contribution in [1.82, 2.24) is 5.32 Å². The SMILES string of the molecule is NC(=O)C1CCC(NCc2csc([N+](=O)[O-])c2)CC1. The number of carbonyl (C=O) groups is 1. The first-order valence-electron chi connectivity index (χ1n) is 6.30. The van der Waals surface area contributed by atoms with E-state index in [0.717, 1.165) is 42.6 Å². The molecule has 0 saturated heterocycles. The van der Waals surface area contributed by atoms with Gasteiger partial charge in [0.15, 0.2) is 0 Å². The Kier molecular flexibility index (Phi) is 4.49. The third-order valence-corrected chi connectivity index (χ3v) is 4.47. The minimum absolute atomic E-state index is 0.0142. The lowest BCUT2D eigenvalue weighted by Gasteiger charge is -2.27. The van der Waals surface area contributed by atoms with E-state index >= 15 is 0 Å². The molecule has 7 heteroatoms. The molecule has 104 valence electrons. The summed E-state index contributed by atoms with van der Waals surface area (Å²) in [6.07, 6.45) is 3.52. The fourth-order valence-corrected chi connectivity index (χ4v) is 3.12. The quantitative estimate of drug-likeness (QED) is 0.635. The van der Waals surface area contributed by atoms with Crippen LogP contribution in [0.1, 0.15) is 31.2 Å². The molecule has 0 atom stereocenters. The van der Waals surface area contributed by atoms with Crippen LogP contribution in [-0.4, -0.2) is 16.9 Å². The first kappa shape index (κ1) is 14.0. The molecule has 6 nitrogen and oxygen atoms in total. The maximum absolute atomic E-state index is 11.0. The van der Waals surface area contributed by atoms with Gasteiger partial charge in [-0.05, 0) is 31.2 Å².